The van der Waals surface area contributed by atoms with Crippen molar-refractivity contribution < 1.29 is 13.2 Å². The first-order chi connectivity index (χ1) is 12.7. The van der Waals surface area contributed by atoms with Gasteiger partial charge in [0.1, 0.15) is 0 Å². The molecule has 0 saturated heterocycles. The van der Waals surface area contributed by atoms with Gasteiger partial charge in [0.25, 0.3) is 5.91 Å². The third-order valence-electron chi connectivity index (χ3n) is 4.25. The standard InChI is InChI=1S/C19H22BrClN2O3S/c1-4-23(5-2)27(25,26)16-9-6-14(7-10-16)13(3)22-19(24)17-11-8-15(20)12-18(17)21/h6-13H,4-5H2,1-3H3,(H,22,24). The Hall–Kier alpha value is -1.41. The van der Waals surface area contributed by atoms with Crippen LogP contribution in [0.5, 0.6) is 0 Å². The molecule has 5 nitrogen and oxygen atoms in total. The highest BCUT2D eigenvalue weighted by molar-refractivity contribution is 9.10. The van der Waals surface area contributed by atoms with E-state index >= 15 is 0 Å². The summed E-state index contributed by atoms with van der Waals surface area (Å²) in [5, 5.41) is 3.23. The molecule has 0 radical (unpaired) electrons. The van der Waals surface area contributed by atoms with Crippen LogP contribution in [-0.4, -0.2) is 31.7 Å². The zero-order valence-corrected chi connectivity index (χ0v) is 18.5. The molecule has 0 aliphatic carbocycles. The Bertz CT molecular complexity index is 913. The van der Waals surface area contributed by atoms with E-state index in [4.69, 9.17) is 11.6 Å². The van der Waals surface area contributed by atoms with E-state index in [1.807, 2.05) is 6.92 Å². The van der Waals surface area contributed by atoms with Crippen LogP contribution >= 0.6 is 27.5 Å². The summed E-state index contributed by atoms with van der Waals surface area (Å²) >= 11 is 9.43. The van der Waals surface area contributed by atoms with Crippen LogP contribution in [0, 0.1) is 0 Å². The molecule has 0 fully saturated rings. The van der Waals surface area contributed by atoms with Crippen molar-refractivity contribution in [1.29, 1.82) is 0 Å². The van der Waals surface area contributed by atoms with Crippen molar-refractivity contribution in [3.05, 3.63) is 63.1 Å². The number of amides is 1. The lowest BCUT2D eigenvalue weighted by atomic mass is 10.1. The molecule has 0 spiro atoms. The number of nitrogens with zero attached hydrogens (tertiary/aromatic N) is 1. The van der Waals surface area contributed by atoms with Crippen molar-refractivity contribution in [1.82, 2.24) is 9.62 Å². The summed E-state index contributed by atoms with van der Waals surface area (Å²) in [6, 6.07) is 11.3. The summed E-state index contributed by atoms with van der Waals surface area (Å²) < 4.78 is 27.3. The maximum absolute atomic E-state index is 12.5. The molecule has 1 atom stereocenters. The maximum Gasteiger partial charge on any atom is 0.253 e. The Balaban J connectivity index is 2.16. The van der Waals surface area contributed by atoms with Gasteiger partial charge in [0, 0.05) is 17.6 Å². The lowest BCUT2D eigenvalue weighted by Crippen LogP contribution is -2.30. The van der Waals surface area contributed by atoms with Crippen molar-refractivity contribution in [3.63, 3.8) is 0 Å². The van der Waals surface area contributed by atoms with Gasteiger partial charge < -0.3 is 5.32 Å². The molecule has 0 saturated carbocycles. The SMILES string of the molecule is CCN(CC)S(=O)(=O)c1ccc(C(C)NC(=O)c2ccc(Br)cc2Cl)cc1. The van der Waals surface area contributed by atoms with Gasteiger partial charge in [-0.05, 0) is 42.8 Å². The minimum Gasteiger partial charge on any atom is -0.345 e. The molecule has 8 heteroatoms. The molecule has 1 N–H and O–H groups in total. The van der Waals surface area contributed by atoms with E-state index in [0.717, 1.165) is 10.0 Å². The van der Waals surface area contributed by atoms with E-state index < -0.39 is 10.0 Å². The van der Waals surface area contributed by atoms with Gasteiger partial charge in [0.2, 0.25) is 10.0 Å². The van der Waals surface area contributed by atoms with Crippen molar-refractivity contribution in [2.75, 3.05) is 13.1 Å². The number of sulfonamides is 1. The molecule has 27 heavy (non-hydrogen) atoms. The molecule has 2 aromatic rings. The Morgan fingerprint density at radius 2 is 1.74 bits per heavy atom. The van der Waals surface area contributed by atoms with Crippen molar-refractivity contribution >= 4 is 43.5 Å². The molecule has 2 aromatic carbocycles. The van der Waals surface area contributed by atoms with Crippen LogP contribution in [0.1, 0.15) is 42.7 Å². The number of rotatable bonds is 7. The average Bonchev–Trinajstić information content (AvgIpc) is 2.62. The minimum atomic E-state index is -3.50. The lowest BCUT2D eigenvalue weighted by Gasteiger charge is -2.19. The van der Waals surface area contributed by atoms with Crippen molar-refractivity contribution in [2.45, 2.75) is 31.7 Å². The van der Waals surface area contributed by atoms with Gasteiger partial charge in [-0.2, -0.15) is 4.31 Å². The molecule has 0 bridgehead atoms. The molecule has 1 unspecified atom stereocenters. The second-order valence-electron chi connectivity index (χ2n) is 5.98. The maximum atomic E-state index is 12.5. The van der Waals surface area contributed by atoms with Gasteiger partial charge >= 0.3 is 0 Å². The summed E-state index contributed by atoms with van der Waals surface area (Å²) in [6.45, 7) is 6.28. The topological polar surface area (TPSA) is 66.5 Å². The van der Waals surface area contributed by atoms with Gasteiger partial charge in [-0.25, -0.2) is 8.42 Å². The highest BCUT2D eigenvalue weighted by Gasteiger charge is 2.22. The zero-order valence-electron chi connectivity index (χ0n) is 15.4. The summed E-state index contributed by atoms with van der Waals surface area (Å²) in [7, 11) is -3.50. The van der Waals surface area contributed by atoms with Gasteiger partial charge in [0.15, 0.2) is 0 Å². The highest BCUT2D eigenvalue weighted by Crippen LogP contribution is 2.23. The Morgan fingerprint density at radius 3 is 2.26 bits per heavy atom. The van der Waals surface area contributed by atoms with Crippen molar-refractivity contribution in [2.24, 2.45) is 0 Å². The van der Waals surface area contributed by atoms with E-state index in [1.54, 1.807) is 56.3 Å². The number of carbonyl (C=O) groups excluding carboxylic acids is 1. The molecule has 0 aliphatic heterocycles. The fraction of sp³-hybridized carbons (Fsp3) is 0.316. The number of halogens is 2. The molecule has 1 amide bonds. The first-order valence-electron chi connectivity index (χ1n) is 8.56. The summed E-state index contributed by atoms with van der Waals surface area (Å²) in [6.07, 6.45) is 0. The average molecular weight is 474 g/mol. The zero-order chi connectivity index (χ0) is 20.2. The van der Waals surface area contributed by atoms with Crippen LogP contribution in [0.2, 0.25) is 5.02 Å². The monoisotopic (exact) mass is 472 g/mol. The highest BCUT2D eigenvalue weighted by atomic mass is 79.9. The van der Waals surface area contributed by atoms with Crippen LogP contribution < -0.4 is 5.32 Å². The second kappa shape index (κ2) is 9.19. The lowest BCUT2D eigenvalue weighted by molar-refractivity contribution is 0.0940. The molecule has 0 aromatic heterocycles. The predicted molar refractivity (Wildman–Crippen MR) is 112 cm³/mol. The number of hydrogen-bond donors (Lipinski definition) is 1. The predicted octanol–water partition coefficient (Wildman–Crippen LogP) is 4.62. The summed E-state index contributed by atoms with van der Waals surface area (Å²) in [5.74, 6) is -0.292. The van der Waals surface area contributed by atoms with E-state index in [0.29, 0.717) is 23.7 Å². The Labute approximate surface area is 173 Å². The summed E-state index contributed by atoms with van der Waals surface area (Å²) in [4.78, 5) is 12.7. The third-order valence-corrected chi connectivity index (χ3v) is 7.12. The smallest absolute Gasteiger partial charge is 0.253 e. The van der Waals surface area contributed by atoms with E-state index in [9.17, 15) is 13.2 Å². The van der Waals surface area contributed by atoms with E-state index in [-0.39, 0.29) is 16.8 Å². The van der Waals surface area contributed by atoms with Gasteiger partial charge in [0.05, 0.1) is 21.5 Å². The molecular weight excluding hydrogens is 452 g/mol. The molecule has 2 rings (SSSR count). The van der Waals surface area contributed by atoms with Gasteiger partial charge in [-0.3, -0.25) is 4.79 Å². The molecule has 146 valence electrons. The van der Waals surface area contributed by atoms with Crippen LogP contribution in [-0.2, 0) is 10.0 Å². The van der Waals surface area contributed by atoms with Crippen LogP contribution in [0.4, 0.5) is 0 Å². The van der Waals surface area contributed by atoms with Crippen molar-refractivity contribution in [3.8, 4) is 0 Å². The third kappa shape index (κ3) is 5.10. The minimum absolute atomic E-state index is 0.240. The second-order valence-corrected chi connectivity index (χ2v) is 9.24. The largest absolute Gasteiger partial charge is 0.345 e. The fourth-order valence-corrected chi connectivity index (χ4v) is 4.89. The number of benzene rings is 2. The van der Waals surface area contributed by atoms with Crippen LogP contribution in [0.15, 0.2) is 51.8 Å². The molecular formula is C19H22BrClN2O3S. The Kier molecular flexibility index (Phi) is 7.45. The number of carbonyl (C=O) groups is 1. The van der Waals surface area contributed by atoms with Gasteiger partial charge in [-0.15, -0.1) is 0 Å². The fourth-order valence-electron chi connectivity index (χ4n) is 2.67. The molecule has 0 heterocycles. The normalized spacial score (nSPS) is 12.8. The first-order valence-corrected chi connectivity index (χ1v) is 11.2. The number of nitrogens with one attached hydrogen (secondary N) is 1. The quantitative estimate of drug-likeness (QED) is 0.638. The summed E-state index contributed by atoms with van der Waals surface area (Å²) in [5.41, 5.74) is 1.18. The molecule has 0 aliphatic rings. The van der Waals surface area contributed by atoms with E-state index in [2.05, 4.69) is 21.2 Å². The van der Waals surface area contributed by atoms with Crippen LogP contribution in [0.3, 0.4) is 0 Å². The van der Waals surface area contributed by atoms with E-state index in [1.165, 1.54) is 4.31 Å². The van der Waals surface area contributed by atoms with Crippen LogP contribution in [0.25, 0.3) is 0 Å². The Morgan fingerprint density at radius 1 is 1.15 bits per heavy atom. The first kappa shape index (κ1) is 21.9. The number of hydrogen-bond acceptors (Lipinski definition) is 3. The van der Waals surface area contributed by atoms with Gasteiger partial charge in [-0.1, -0.05) is 53.5 Å².